The molecular formula is C16H23FN2O5S2. The van der Waals surface area contributed by atoms with E-state index in [2.05, 4.69) is 5.32 Å². The molecule has 1 aliphatic heterocycles. The molecule has 1 heterocycles. The number of nitrogens with zero attached hydrogens (tertiary/aromatic N) is 1. The van der Waals surface area contributed by atoms with Gasteiger partial charge in [0.1, 0.15) is 5.82 Å². The summed E-state index contributed by atoms with van der Waals surface area (Å²) in [5, 5.41) is 1.50. The molecular weight excluding hydrogens is 383 g/mol. The third kappa shape index (κ3) is 5.01. The molecule has 0 bridgehead atoms. The molecule has 0 spiro atoms. The van der Waals surface area contributed by atoms with Gasteiger partial charge in [0.2, 0.25) is 0 Å². The van der Waals surface area contributed by atoms with Crippen molar-refractivity contribution in [1.29, 1.82) is 0 Å². The van der Waals surface area contributed by atoms with Crippen LogP contribution in [0, 0.1) is 5.82 Å². The van der Waals surface area contributed by atoms with E-state index in [1.54, 1.807) is 0 Å². The van der Waals surface area contributed by atoms with E-state index in [0.717, 1.165) is 24.7 Å². The fraction of sp³-hybridized carbons (Fsp3) is 0.562. The molecule has 1 amide bonds. The number of rotatable bonds is 7. The summed E-state index contributed by atoms with van der Waals surface area (Å²) >= 11 is 0. The molecule has 1 saturated heterocycles. The molecule has 0 radical (unpaired) electrons. The van der Waals surface area contributed by atoms with E-state index in [4.69, 9.17) is 0 Å². The summed E-state index contributed by atoms with van der Waals surface area (Å²) in [5.74, 6) is -2.15. The zero-order valence-corrected chi connectivity index (χ0v) is 16.4. The second-order valence-corrected chi connectivity index (χ2v) is 11.1. The summed E-state index contributed by atoms with van der Waals surface area (Å²) in [6.45, 7) is 1.07. The first kappa shape index (κ1) is 20.8. The van der Waals surface area contributed by atoms with Crippen LogP contribution in [0.1, 0.15) is 23.2 Å². The predicted octanol–water partition coefficient (Wildman–Crippen LogP) is 0.468. The highest BCUT2D eigenvalue weighted by molar-refractivity contribution is 7.96. The van der Waals surface area contributed by atoms with Gasteiger partial charge in [-0.05, 0) is 51.7 Å². The molecule has 1 fully saturated rings. The van der Waals surface area contributed by atoms with Crippen molar-refractivity contribution in [2.24, 2.45) is 0 Å². The van der Waals surface area contributed by atoms with E-state index < -0.39 is 42.4 Å². The van der Waals surface area contributed by atoms with Crippen LogP contribution >= 0.6 is 0 Å². The second kappa shape index (κ2) is 8.01. The third-order valence-corrected chi connectivity index (χ3v) is 8.38. The van der Waals surface area contributed by atoms with Crippen molar-refractivity contribution < 1.29 is 26.0 Å². The first-order valence-corrected chi connectivity index (χ1v) is 11.6. The SMILES string of the molecule is CN(C)CCCNC(=O)c1cc(S(=O)(=O)C2CCS(=O)(=O)C2)ccc1F. The number of carbonyl (C=O) groups excluding carboxylic acids is 1. The Morgan fingerprint density at radius 2 is 2.04 bits per heavy atom. The lowest BCUT2D eigenvalue weighted by Crippen LogP contribution is -2.28. The molecule has 1 atom stereocenters. The van der Waals surface area contributed by atoms with Crippen LogP contribution in [0.15, 0.2) is 23.1 Å². The molecule has 1 aromatic carbocycles. The normalized spacial score (nSPS) is 19.6. The molecule has 7 nitrogen and oxygen atoms in total. The number of halogens is 1. The van der Waals surface area contributed by atoms with Crippen LogP contribution in [0.5, 0.6) is 0 Å². The Bertz CT molecular complexity index is 882. The number of hydrogen-bond donors (Lipinski definition) is 1. The fourth-order valence-corrected chi connectivity index (χ4v) is 7.13. The van der Waals surface area contributed by atoms with Crippen molar-refractivity contribution in [2.45, 2.75) is 23.0 Å². The number of amides is 1. The maximum Gasteiger partial charge on any atom is 0.254 e. The number of benzene rings is 1. The Labute approximate surface area is 153 Å². The Kier molecular flexibility index (Phi) is 6.41. The van der Waals surface area contributed by atoms with E-state index in [-0.39, 0.29) is 22.6 Å². The number of sulfone groups is 2. The Morgan fingerprint density at radius 1 is 1.35 bits per heavy atom. The maximum atomic E-state index is 14.0. The number of hydrogen-bond acceptors (Lipinski definition) is 6. The Balaban J connectivity index is 2.17. The van der Waals surface area contributed by atoms with Gasteiger partial charge in [-0.2, -0.15) is 0 Å². The monoisotopic (exact) mass is 406 g/mol. The molecule has 146 valence electrons. The minimum absolute atomic E-state index is 0.00804. The highest BCUT2D eigenvalue weighted by Crippen LogP contribution is 2.26. The fourth-order valence-electron chi connectivity index (χ4n) is 2.75. The summed E-state index contributed by atoms with van der Waals surface area (Å²) in [6.07, 6.45) is 0.673. The van der Waals surface area contributed by atoms with Crippen molar-refractivity contribution >= 4 is 25.6 Å². The molecule has 2 rings (SSSR count). The topological polar surface area (TPSA) is 101 Å². The lowest BCUT2D eigenvalue weighted by atomic mass is 10.2. The quantitative estimate of drug-likeness (QED) is 0.522. The standard InChI is InChI=1S/C16H23FN2O5S2/c1-19(2)8-3-7-18-16(20)14-10-12(4-5-15(14)17)26(23,24)13-6-9-25(21,22)11-13/h4-5,10,13H,3,6-9,11H2,1-2H3,(H,18,20). The minimum atomic E-state index is -3.95. The van der Waals surface area contributed by atoms with Crippen LogP contribution in [-0.2, 0) is 19.7 Å². The highest BCUT2D eigenvalue weighted by Gasteiger charge is 2.38. The van der Waals surface area contributed by atoms with Gasteiger partial charge in [-0.25, -0.2) is 21.2 Å². The number of nitrogens with one attached hydrogen (secondary N) is 1. The minimum Gasteiger partial charge on any atom is -0.352 e. The molecule has 1 N–H and O–H groups in total. The smallest absolute Gasteiger partial charge is 0.254 e. The second-order valence-electron chi connectivity index (χ2n) is 6.62. The van der Waals surface area contributed by atoms with Crippen LogP contribution in [-0.4, -0.2) is 71.6 Å². The van der Waals surface area contributed by atoms with Crippen LogP contribution in [0.2, 0.25) is 0 Å². The Hall–Kier alpha value is -1.52. The average molecular weight is 407 g/mol. The molecule has 1 unspecified atom stereocenters. The molecule has 0 saturated carbocycles. The lowest BCUT2D eigenvalue weighted by Gasteiger charge is -2.13. The summed E-state index contributed by atoms with van der Waals surface area (Å²) in [4.78, 5) is 13.9. The van der Waals surface area contributed by atoms with E-state index in [0.29, 0.717) is 13.0 Å². The molecule has 0 aliphatic carbocycles. The van der Waals surface area contributed by atoms with Gasteiger partial charge in [-0.3, -0.25) is 4.79 Å². The molecule has 1 aliphatic rings. The van der Waals surface area contributed by atoms with Gasteiger partial charge in [0.05, 0.1) is 27.2 Å². The van der Waals surface area contributed by atoms with Crippen molar-refractivity contribution in [3.63, 3.8) is 0 Å². The first-order valence-electron chi connectivity index (χ1n) is 8.20. The third-order valence-electron chi connectivity index (χ3n) is 4.21. The van der Waals surface area contributed by atoms with Crippen molar-refractivity contribution in [3.05, 3.63) is 29.6 Å². The van der Waals surface area contributed by atoms with Crippen molar-refractivity contribution in [2.75, 3.05) is 38.7 Å². The molecule has 0 aromatic heterocycles. The predicted molar refractivity (Wildman–Crippen MR) is 96.1 cm³/mol. The maximum absolute atomic E-state index is 14.0. The summed E-state index contributed by atoms with van der Waals surface area (Å²) in [7, 11) is -3.56. The Morgan fingerprint density at radius 3 is 2.62 bits per heavy atom. The zero-order valence-electron chi connectivity index (χ0n) is 14.7. The molecule has 26 heavy (non-hydrogen) atoms. The van der Waals surface area contributed by atoms with Crippen molar-refractivity contribution in [1.82, 2.24) is 10.2 Å². The van der Waals surface area contributed by atoms with Crippen LogP contribution in [0.25, 0.3) is 0 Å². The van der Waals surface area contributed by atoms with Gasteiger partial charge in [-0.15, -0.1) is 0 Å². The van der Waals surface area contributed by atoms with Gasteiger partial charge in [0.15, 0.2) is 19.7 Å². The number of carbonyl (C=O) groups is 1. The highest BCUT2D eigenvalue weighted by atomic mass is 32.2. The molecule has 1 aromatic rings. The van der Waals surface area contributed by atoms with E-state index in [1.165, 1.54) is 0 Å². The summed E-state index contributed by atoms with van der Waals surface area (Å²) < 4.78 is 62.3. The van der Waals surface area contributed by atoms with Gasteiger partial charge in [0, 0.05) is 6.54 Å². The van der Waals surface area contributed by atoms with Crippen LogP contribution < -0.4 is 5.32 Å². The van der Waals surface area contributed by atoms with Gasteiger partial charge in [-0.1, -0.05) is 0 Å². The van der Waals surface area contributed by atoms with Gasteiger partial charge < -0.3 is 10.2 Å². The van der Waals surface area contributed by atoms with Crippen LogP contribution in [0.3, 0.4) is 0 Å². The van der Waals surface area contributed by atoms with E-state index in [9.17, 15) is 26.0 Å². The van der Waals surface area contributed by atoms with Gasteiger partial charge in [0.25, 0.3) is 5.91 Å². The largest absolute Gasteiger partial charge is 0.352 e. The summed E-state index contributed by atoms with van der Waals surface area (Å²) in [5.41, 5.74) is -0.364. The van der Waals surface area contributed by atoms with Crippen molar-refractivity contribution in [3.8, 4) is 0 Å². The van der Waals surface area contributed by atoms with Crippen LogP contribution in [0.4, 0.5) is 4.39 Å². The average Bonchev–Trinajstić information content (AvgIpc) is 2.92. The van der Waals surface area contributed by atoms with E-state index >= 15 is 0 Å². The first-order chi connectivity index (χ1) is 12.0. The van der Waals surface area contributed by atoms with E-state index in [1.807, 2.05) is 19.0 Å². The lowest BCUT2D eigenvalue weighted by molar-refractivity contribution is 0.0948. The summed E-state index contributed by atoms with van der Waals surface area (Å²) in [6, 6.07) is 2.97. The molecule has 10 heteroatoms. The van der Waals surface area contributed by atoms with Gasteiger partial charge >= 0.3 is 0 Å². The zero-order chi connectivity index (χ0) is 19.5.